The number of epoxide rings is 2. The van der Waals surface area contributed by atoms with Gasteiger partial charge in [-0.15, -0.1) is 0 Å². The van der Waals surface area contributed by atoms with E-state index in [9.17, 15) is 0 Å². The van der Waals surface area contributed by atoms with Crippen molar-refractivity contribution in [2.75, 3.05) is 26.4 Å². The summed E-state index contributed by atoms with van der Waals surface area (Å²) in [5.74, 6) is 1.74. The van der Waals surface area contributed by atoms with E-state index in [4.69, 9.17) is 18.9 Å². The Kier molecular flexibility index (Phi) is 4.50. The summed E-state index contributed by atoms with van der Waals surface area (Å²) in [7, 11) is 0. The molecule has 5 rings (SSSR count). The lowest BCUT2D eigenvalue weighted by Crippen LogP contribution is -2.04. The Morgan fingerprint density at radius 1 is 0.929 bits per heavy atom. The molecular weight excluding hydrogens is 356 g/mol. The smallest absolute Gasteiger partial charge is 0.122 e. The molecule has 0 bridgehead atoms. The Morgan fingerprint density at radius 2 is 1.61 bits per heavy atom. The summed E-state index contributed by atoms with van der Waals surface area (Å²) in [6.07, 6.45) is 0.518. The van der Waals surface area contributed by atoms with Gasteiger partial charge < -0.3 is 18.9 Å². The number of aryl methyl sites for hydroxylation is 1. The predicted octanol–water partition coefficient (Wildman–Crippen LogP) is 3.61. The van der Waals surface area contributed by atoms with Crippen LogP contribution in [0.25, 0.3) is 22.5 Å². The van der Waals surface area contributed by atoms with Crippen LogP contribution >= 0.6 is 0 Å². The van der Waals surface area contributed by atoms with Crippen molar-refractivity contribution in [3.63, 3.8) is 0 Å². The minimum Gasteiger partial charge on any atom is -0.491 e. The number of nitrogens with one attached hydrogen (secondary N) is 1. The van der Waals surface area contributed by atoms with E-state index in [-0.39, 0.29) is 12.2 Å². The van der Waals surface area contributed by atoms with E-state index in [1.165, 1.54) is 0 Å². The first-order valence-electron chi connectivity index (χ1n) is 9.50. The Balaban J connectivity index is 1.27. The lowest BCUT2D eigenvalue weighted by Gasteiger charge is -2.08. The van der Waals surface area contributed by atoms with Gasteiger partial charge in [0.15, 0.2) is 0 Å². The Labute approximate surface area is 163 Å². The van der Waals surface area contributed by atoms with Gasteiger partial charge in [0.2, 0.25) is 0 Å². The molecule has 0 spiro atoms. The summed E-state index contributed by atoms with van der Waals surface area (Å²) < 4.78 is 21.8. The summed E-state index contributed by atoms with van der Waals surface area (Å²) in [4.78, 5) is 0. The standard InChI is InChI=1S/C22H22N2O4/c1-14-8-16(4-7-22(14)28-13-19-12-27-19)21-9-20(23-24-21)15-2-5-17(6-3-15)25-10-18-11-26-18/h2-9,18-19H,10-13H2,1H3,(H,23,24). The number of aromatic amines is 1. The lowest BCUT2D eigenvalue weighted by molar-refractivity contribution is 0.262. The molecule has 2 aliphatic rings. The summed E-state index contributed by atoms with van der Waals surface area (Å²) in [5.41, 5.74) is 5.08. The number of ether oxygens (including phenoxy) is 4. The van der Waals surface area contributed by atoms with E-state index in [0.717, 1.165) is 52.8 Å². The molecule has 1 aromatic heterocycles. The monoisotopic (exact) mass is 378 g/mol. The van der Waals surface area contributed by atoms with Crippen LogP contribution in [-0.2, 0) is 9.47 Å². The quantitative estimate of drug-likeness (QED) is 0.606. The highest BCUT2D eigenvalue weighted by atomic mass is 16.6. The molecule has 1 N–H and O–H groups in total. The lowest BCUT2D eigenvalue weighted by atomic mass is 10.1. The SMILES string of the molecule is Cc1cc(-c2cc(-c3ccc(OCC4CO4)cc3)[nH]n2)ccc1OCC1CO1. The maximum atomic E-state index is 5.80. The van der Waals surface area contributed by atoms with Gasteiger partial charge in [-0.25, -0.2) is 0 Å². The average molecular weight is 378 g/mol. The Morgan fingerprint density at radius 3 is 2.29 bits per heavy atom. The fourth-order valence-electron chi connectivity index (χ4n) is 3.02. The van der Waals surface area contributed by atoms with Crippen LogP contribution < -0.4 is 9.47 Å². The molecule has 6 heteroatoms. The van der Waals surface area contributed by atoms with E-state index >= 15 is 0 Å². The first kappa shape index (κ1) is 17.3. The van der Waals surface area contributed by atoms with Crippen molar-refractivity contribution in [3.05, 3.63) is 54.1 Å². The van der Waals surface area contributed by atoms with Gasteiger partial charge in [-0.3, -0.25) is 5.10 Å². The first-order chi connectivity index (χ1) is 13.7. The minimum absolute atomic E-state index is 0.256. The number of aromatic nitrogens is 2. The van der Waals surface area contributed by atoms with E-state index < -0.39 is 0 Å². The zero-order valence-corrected chi connectivity index (χ0v) is 15.7. The van der Waals surface area contributed by atoms with Crippen molar-refractivity contribution in [3.8, 4) is 34.0 Å². The molecule has 0 amide bonds. The van der Waals surface area contributed by atoms with Gasteiger partial charge in [-0.05, 0) is 66.6 Å². The van der Waals surface area contributed by atoms with Crippen LogP contribution in [0.3, 0.4) is 0 Å². The molecule has 0 saturated carbocycles. The zero-order chi connectivity index (χ0) is 18.9. The van der Waals surface area contributed by atoms with Gasteiger partial charge in [-0.1, -0.05) is 0 Å². The normalized spacial score (nSPS) is 20.0. The number of rotatable bonds is 8. The second-order valence-corrected chi connectivity index (χ2v) is 7.20. The number of nitrogens with zero attached hydrogens (tertiary/aromatic N) is 1. The summed E-state index contributed by atoms with van der Waals surface area (Å²) in [6.45, 7) is 4.87. The number of H-pyrrole nitrogens is 1. The fourth-order valence-corrected chi connectivity index (χ4v) is 3.02. The van der Waals surface area contributed by atoms with Crippen molar-refractivity contribution in [1.82, 2.24) is 10.2 Å². The van der Waals surface area contributed by atoms with Crippen LogP contribution in [0.5, 0.6) is 11.5 Å². The zero-order valence-electron chi connectivity index (χ0n) is 15.7. The largest absolute Gasteiger partial charge is 0.491 e. The van der Waals surface area contributed by atoms with E-state index in [0.29, 0.717) is 13.2 Å². The van der Waals surface area contributed by atoms with Gasteiger partial charge in [0.1, 0.15) is 36.9 Å². The molecule has 2 saturated heterocycles. The molecule has 3 aromatic rings. The molecule has 2 aromatic carbocycles. The van der Waals surface area contributed by atoms with Crippen LogP contribution in [0.2, 0.25) is 0 Å². The van der Waals surface area contributed by atoms with Gasteiger partial charge in [-0.2, -0.15) is 5.10 Å². The Bertz CT molecular complexity index is 959. The van der Waals surface area contributed by atoms with Crippen molar-refractivity contribution in [2.45, 2.75) is 19.1 Å². The molecule has 0 aliphatic carbocycles. The Hall–Kier alpha value is -2.83. The van der Waals surface area contributed by atoms with Crippen LogP contribution in [-0.4, -0.2) is 48.8 Å². The summed E-state index contributed by atoms with van der Waals surface area (Å²) in [6, 6.07) is 16.2. The highest BCUT2D eigenvalue weighted by Crippen LogP contribution is 2.29. The third kappa shape index (κ3) is 4.03. The van der Waals surface area contributed by atoms with Gasteiger partial charge in [0.25, 0.3) is 0 Å². The summed E-state index contributed by atoms with van der Waals surface area (Å²) >= 11 is 0. The van der Waals surface area contributed by atoms with Crippen molar-refractivity contribution in [1.29, 1.82) is 0 Å². The molecule has 28 heavy (non-hydrogen) atoms. The molecule has 0 radical (unpaired) electrons. The average Bonchev–Trinajstić information content (AvgIpc) is 3.65. The molecule has 6 nitrogen and oxygen atoms in total. The van der Waals surface area contributed by atoms with Gasteiger partial charge >= 0.3 is 0 Å². The van der Waals surface area contributed by atoms with Crippen molar-refractivity contribution >= 4 is 0 Å². The van der Waals surface area contributed by atoms with Crippen molar-refractivity contribution in [2.24, 2.45) is 0 Å². The van der Waals surface area contributed by atoms with E-state index in [1.54, 1.807) is 0 Å². The molecular formula is C22H22N2O4. The number of hydrogen-bond acceptors (Lipinski definition) is 5. The molecule has 2 fully saturated rings. The second-order valence-electron chi connectivity index (χ2n) is 7.20. The summed E-state index contributed by atoms with van der Waals surface area (Å²) in [5, 5.41) is 7.60. The number of hydrogen-bond donors (Lipinski definition) is 1. The minimum atomic E-state index is 0.256. The maximum Gasteiger partial charge on any atom is 0.122 e. The fraction of sp³-hybridized carbons (Fsp3) is 0.318. The molecule has 3 heterocycles. The first-order valence-corrected chi connectivity index (χ1v) is 9.50. The van der Waals surface area contributed by atoms with Gasteiger partial charge in [0, 0.05) is 5.56 Å². The molecule has 2 unspecified atom stereocenters. The van der Waals surface area contributed by atoms with E-state index in [2.05, 4.69) is 22.3 Å². The third-order valence-corrected chi connectivity index (χ3v) is 4.88. The predicted molar refractivity (Wildman–Crippen MR) is 105 cm³/mol. The second kappa shape index (κ2) is 7.30. The van der Waals surface area contributed by atoms with Crippen molar-refractivity contribution < 1.29 is 18.9 Å². The topological polar surface area (TPSA) is 72.2 Å². The van der Waals surface area contributed by atoms with Crippen LogP contribution in [0.1, 0.15) is 5.56 Å². The molecule has 144 valence electrons. The molecule has 2 aliphatic heterocycles. The third-order valence-electron chi connectivity index (χ3n) is 4.88. The highest BCUT2D eigenvalue weighted by molar-refractivity contribution is 5.69. The van der Waals surface area contributed by atoms with Crippen LogP contribution in [0.4, 0.5) is 0 Å². The van der Waals surface area contributed by atoms with E-state index in [1.807, 2.05) is 43.3 Å². The van der Waals surface area contributed by atoms with Gasteiger partial charge in [0.05, 0.1) is 24.6 Å². The number of benzene rings is 2. The maximum absolute atomic E-state index is 5.80. The van der Waals surface area contributed by atoms with Crippen LogP contribution in [0, 0.1) is 6.92 Å². The molecule has 2 atom stereocenters. The van der Waals surface area contributed by atoms with Crippen LogP contribution in [0.15, 0.2) is 48.5 Å². The highest BCUT2D eigenvalue weighted by Gasteiger charge is 2.24.